The Labute approximate surface area is 155 Å². The number of ether oxygens (including phenoxy) is 1. The van der Waals surface area contributed by atoms with E-state index in [-0.39, 0.29) is 5.69 Å². The maximum absolute atomic E-state index is 12.9. The Bertz CT molecular complexity index is 926. The molecule has 0 aliphatic carbocycles. The zero-order chi connectivity index (χ0) is 19.6. The third kappa shape index (κ3) is 3.50. The van der Waals surface area contributed by atoms with Gasteiger partial charge in [-0.15, -0.1) is 0 Å². The zero-order valence-electron chi connectivity index (χ0n) is 14.7. The van der Waals surface area contributed by atoms with Crippen LogP contribution in [0.2, 0.25) is 0 Å². The van der Waals surface area contributed by atoms with Crippen LogP contribution in [0.15, 0.2) is 48.5 Å². The topological polar surface area (TPSA) is 105 Å². The molecule has 0 bridgehead atoms. The number of methoxy groups -OCH3 is 1. The van der Waals surface area contributed by atoms with Gasteiger partial charge in [-0.05, 0) is 30.3 Å². The lowest BCUT2D eigenvalue weighted by Crippen LogP contribution is -2.46. The predicted molar refractivity (Wildman–Crippen MR) is 96.3 cm³/mol. The van der Waals surface area contributed by atoms with E-state index in [1.807, 2.05) is 0 Å². The Morgan fingerprint density at radius 2 is 1.78 bits per heavy atom. The van der Waals surface area contributed by atoms with Crippen LogP contribution >= 0.6 is 0 Å². The van der Waals surface area contributed by atoms with Crippen molar-refractivity contribution in [1.29, 1.82) is 0 Å². The molecule has 2 aromatic rings. The van der Waals surface area contributed by atoms with Gasteiger partial charge in [0.25, 0.3) is 11.8 Å². The number of nitrogens with zero attached hydrogens (tertiary/aromatic N) is 1. The largest absolute Gasteiger partial charge is 0.497 e. The standard InChI is InChI=1S/C19H17N3O5/c1-11(23)20-19(26)22-15-9-8-13(27-2)10-14(15)16(18(22)25)21-17(24)12-6-4-3-5-7-12/h3-10,16H,1-2H3,(H,21,24)(H,20,23,26). The number of amides is 5. The van der Waals surface area contributed by atoms with E-state index in [1.54, 1.807) is 42.5 Å². The van der Waals surface area contributed by atoms with Crippen LogP contribution < -0.4 is 20.3 Å². The number of carbonyl (C=O) groups is 4. The first-order chi connectivity index (χ1) is 12.9. The van der Waals surface area contributed by atoms with Gasteiger partial charge in [0.1, 0.15) is 11.8 Å². The Morgan fingerprint density at radius 1 is 1.07 bits per heavy atom. The molecule has 1 aliphatic heterocycles. The van der Waals surface area contributed by atoms with Gasteiger partial charge < -0.3 is 10.1 Å². The summed E-state index contributed by atoms with van der Waals surface area (Å²) in [5, 5.41) is 4.71. The normalized spacial score (nSPS) is 15.1. The van der Waals surface area contributed by atoms with Gasteiger partial charge in [0.05, 0.1) is 12.8 Å². The molecular formula is C19H17N3O5. The second-order valence-electron chi connectivity index (χ2n) is 5.86. The van der Waals surface area contributed by atoms with Crippen molar-refractivity contribution in [2.45, 2.75) is 13.0 Å². The number of imide groups is 2. The molecule has 0 fully saturated rings. The molecule has 0 aromatic heterocycles. The number of fused-ring (bicyclic) bond motifs is 1. The van der Waals surface area contributed by atoms with Crippen molar-refractivity contribution < 1.29 is 23.9 Å². The molecule has 138 valence electrons. The summed E-state index contributed by atoms with van der Waals surface area (Å²) in [5.74, 6) is -1.26. The minimum atomic E-state index is -1.08. The fourth-order valence-corrected chi connectivity index (χ4v) is 2.83. The average molecular weight is 367 g/mol. The zero-order valence-corrected chi connectivity index (χ0v) is 14.7. The molecule has 8 heteroatoms. The molecule has 0 saturated carbocycles. The highest BCUT2D eigenvalue weighted by Crippen LogP contribution is 2.38. The summed E-state index contributed by atoms with van der Waals surface area (Å²) in [6.07, 6.45) is 0. The number of hydrogen-bond donors (Lipinski definition) is 2. The van der Waals surface area contributed by atoms with Gasteiger partial charge in [0, 0.05) is 18.1 Å². The molecule has 0 spiro atoms. The number of carbonyl (C=O) groups excluding carboxylic acids is 4. The van der Waals surface area contributed by atoms with Gasteiger partial charge in [0.15, 0.2) is 0 Å². The molecule has 0 radical (unpaired) electrons. The lowest BCUT2D eigenvalue weighted by Gasteiger charge is -2.16. The van der Waals surface area contributed by atoms with E-state index in [0.29, 0.717) is 16.9 Å². The number of benzene rings is 2. The molecule has 1 heterocycles. The molecule has 2 aromatic carbocycles. The quantitative estimate of drug-likeness (QED) is 0.860. The number of anilines is 1. The highest BCUT2D eigenvalue weighted by molar-refractivity contribution is 6.23. The number of nitrogens with one attached hydrogen (secondary N) is 2. The average Bonchev–Trinajstić information content (AvgIpc) is 2.93. The summed E-state index contributed by atoms with van der Waals surface area (Å²) < 4.78 is 5.18. The van der Waals surface area contributed by atoms with Gasteiger partial charge in [-0.2, -0.15) is 0 Å². The van der Waals surface area contributed by atoms with Gasteiger partial charge >= 0.3 is 6.03 Å². The molecular weight excluding hydrogens is 350 g/mol. The van der Waals surface area contributed by atoms with E-state index in [0.717, 1.165) is 4.90 Å². The van der Waals surface area contributed by atoms with Crippen molar-refractivity contribution >= 4 is 29.4 Å². The van der Waals surface area contributed by atoms with E-state index >= 15 is 0 Å². The minimum Gasteiger partial charge on any atom is -0.497 e. The first kappa shape index (κ1) is 18.1. The fourth-order valence-electron chi connectivity index (χ4n) is 2.83. The molecule has 2 N–H and O–H groups in total. The van der Waals surface area contributed by atoms with Crippen molar-refractivity contribution in [1.82, 2.24) is 10.6 Å². The summed E-state index contributed by atoms with van der Waals surface area (Å²) >= 11 is 0. The minimum absolute atomic E-state index is 0.276. The summed E-state index contributed by atoms with van der Waals surface area (Å²) in [7, 11) is 1.47. The maximum atomic E-state index is 12.9. The van der Waals surface area contributed by atoms with E-state index in [9.17, 15) is 19.2 Å². The van der Waals surface area contributed by atoms with Crippen LogP contribution in [-0.2, 0) is 9.59 Å². The van der Waals surface area contributed by atoms with Crippen molar-refractivity contribution in [3.63, 3.8) is 0 Å². The highest BCUT2D eigenvalue weighted by Gasteiger charge is 2.42. The summed E-state index contributed by atoms with van der Waals surface area (Å²) in [6, 6.07) is 11.1. The Kier molecular flexibility index (Phi) is 4.89. The summed E-state index contributed by atoms with van der Waals surface area (Å²) in [5.41, 5.74) is 1.06. The second-order valence-corrected chi connectivity index (χ2v) is 5.86. The SMILES string of the molecule is COc1ccc2c(c1)C(NC(=O)c1ccccc1)C(=O)N2C(=O)NC(C)=O. The monoisotopic (exact) mass is 367 g/mol. The lowest BCUT2D eigenvalue weighted by atomic mass is 10.1. The van der Waals surface area contributed by atoms with E-state index in [1.165, 1.54) is 20.1 Å². The summed E-state index contributed by atoms with van der Waals surface area (Å²) in [6.45, 7) is 1.17. The second kappa shape index (κ2) is 7.28. The lowest BCUT2D eigenvalue weighted by molar-refractivity contribution is -0.119. The van der Waals surface area contributed by atoms with E-state index in [4.69, 9.17) is 4.74 Å². The fraction of sp³-hybridized carbons (Fsp3) is 0.158. The Morgan fingerprint density at radius 3 is 2.41 bits per heavy atom. The smallest absolute Gasteiger partial charge is 0.335 e. The number of hydrogen-bond acceptors (Lipinski definition) is 5. The molecule has 0 saturated heterocycles. The van der Waals surface area contributed by atoms with E-state index in [2.05, 4.69) is 10.6 Å². The van der Waals surface area contributed by atoms with Crippen LogP contribution in [0.25, 0.3) is 0 Å². The van der Waals surface area contributed by atoms with Gasteiger partial charge in [-0.3, -0.25) is 19.7 Å². The van der Waals surface area contributed by atoms with Crippen LogP contribution in [0.1, 0.15) is 28.9 Å². The maximum Gasteiger partial charge on any atom is 0.335 e. The van der Waals surface area contributed by atoms with Crippen molar-refractivity contribution in [2.24, 2.45) is 0 Å². The predicted octanol–water partition coefficient (Wildman–Crippen LogP) is 1.77. The van der Waals surface area contributed by atoms with Crippen molar-refractivity contribution in [2.75, 3.05) is 12.0 Å². The summed E-state index contributed by atoms with van der Waals surface area (Å²) in [4.78, 5) is 49.7. The Hall–Kier alpha value is -3.68. The van der Waals surface area contributed by atoms with Crippen LogP contribution in [0.3, 0.4) is 0 Å². The Balaban J connectivity index is 1.97. The van der Waals surface area contributed by atoms with Gasteiger partial charge in [-0.25, -0.2) is 9.69 Å². The molecule has 5 amide bonds. The van der Waals surface area contributed by atoms with Gasteiger partial charge in [-0.1, -0.05) is 18.2 Å². The van der Waals surface area contributed by atoms with Crippen LogP contribution in [0.4, 0.5) is 10.5 Å². The third-order valence-corrected chi connectivity index (χ3v) is 4.05. The molecule has 3 rings (SSSR count). The molecule has 1 atom stereocenters. The first-order valence-electron chi connectivity index (χ1n) is 8.11. The molecule has 1 aliphatic rings. The van der Waals surface area contributed by atoms with E-state index < -0.39 is 29.8 Å². The number of rotatable bonds is 3. The highest BCUT2D eigenvalue weighted by atomic mass is 16.5. The van der Waals surface area contributed by atoms with Gasteiger partial charge in [0.2, 0.25) is 5.91 Å². The van der Waals surface area contributed by atoms with Crippen LogP contribution in [0, 0.1) is 0 Å². The first-order valence-corrected chi connectivity index (χ1v) is 8.11. The molecule has 8 nitrogen and oxygen atoms in total. The molecule has 1 unspecified atom stereocenters. The van der Waals surface area contributed by atoms with Crippen LogP contribution in [0.5, 0.6) is 5.75 Å². The van der Waals surface area contributed by atoms with Crippen LogP contribution in [-0.4, -0.2) is 30.9 Å². The van der Waals surface area contributed by atoms with Crippen molar-refractivity contribution in [3.8, 4) is 5.75 Å². The molecule has 27 heavy (non-hydrogen) atoms. The number of urea groups is 1. The van der Waals surface area contributed by atoms with Crippen molar-refractivity contribution in [3.05, 3.63) is 59.7 Å². The third-order valence-electron chi connectivity index (χ3n) is 4.05.